The molecule has 0 aliphatic carbocycles. The van der Waals surface area contributed by atoms with Crippen molar-refractivity contribution in [3.8, 4) is 11.8 Å². The van der Waals surface area contributed by atoms with Gasteiger partial charge in [0.1, 0.15) is 5.75 Å². The van der Waals surface area contributed by atoms with E-state index in [9.17, 15) is 0 Å². The van der Waals surface area contributed by atoms with Gasteiger partial charge in [0.15, 0.2) is 0 Å². The van der Waals surface area contributed by atoms with Crippen LogP contribution in [0.4, 0.5) is 0 Å². The average Bonchev–Trinajstić information content (AvgIpc) is 2.95. The Morgan fingerprint density at radius 1 is 1.20 bits per heavy atom. The van der Waals surface area contributed by atoms with Crippen LogP contribution < -0.4 is 10.1 Å². The molecule has 0 saturated carbocycles. The van der Waals surface area contributed by atoms with Gasteiger partial charge >= 0.3 is 0 Å². The van der Waals surface area contributed by atoms with Gasteiger partial charge in [-0.25, -0.2) is 0 Å². The minimum Gasteiger partial charge on any atom is -0.496 e. The molecule has 104 valence electrons. The van der Waals surface area contributed by atoms with E-state index in [0.717, 1.165) is 24.3 Å². The van der Waals surface area contributed by atoms with E-state index in [1.807, 2.05) is 23.5 Å². The molecule has 0 fully saturated rings. The second-order valence-electron chi connectivity index (χ2n) is 4.46. The maximum atomic E-state index is 8.95. The number of rotatable bonds is 6. The lowest BCUT2D eigenvalue weighted by molar-refractivity contribution is 0.407. The van der Waals surface area contributed by atoms with Crippen LogP contribution in [0, 0.1) is 11.3 Å². The summed E-state index contributed by atoms with van der Waals surface area (Å²) in [5.74, 6) is 0.817. The van der Waals surface area contributed by atoms with Gasteiger partial charge in [-0.2, -0.15) is 5.26 Å². The molecule has 0 spiro atoms. The topological polar surface area (TPSA) is 45.0 Å². The number of nitriles is 1. The van der Waals surface area contributed by atoms with Gasteiger partial charge < -0.3 is 10.1 Å². The molecule has 0 saturated heterocycles. The number of benzene rings is 1. The van der Waals surface area contributed by atoms with Crippen molar-refractivity contribution in [3.63, 3.8) is 0 Å². The van der Waals surface area contributed by atoms with E-state index in [4.69, 9.17) is 10.00 Å². The normalized spacial score (nSPS) is 10.2. The third-order valence-corrected chi connectivity index (χ3v) is 4.32. The van der Waals surface area contributed by atoms with Crippen LogP contribution in [0.15, 0.2) is 30.3 Å². The Morgan fingerprint density at radius 3 is 2.65 bits per heavy atom. The van der Waals surface area contributed by atoms with E-state index < -0.39 is 0 Å². The van der Waals surface area contributed by atoms with Gasteiger partial charge in [0.25, 0.3) is 0 Å². The van der Waals surface area contributed by atoms with Gasteiger partial charge in [0.2, 0.25) is 0 Å². The lowest BCUT2D eigenvalue weighted by Crippen LogP contribution is -2.12. The number of nitrogens with zero attached hydrogens (tertiary/aromatic N) is 1. The predicted octanol–water partition coefficient (Wildman–Crippen LogP) is 3.48. The van der Waals surface area contributed by atoms with Crippen LogP contribution >= 0.6 is 11.3 Å². The highest BCUT2D eigenvalue weighted by Crippen LogP contribution is 2.20. The lowest BCUT2D eigenvalue weighted by Gasteiger charge is -2.09. The molecule has 0 aliphatic rings. The van der Waals surface area contributed by atoms with Crippen molar-refractivity contribution in [3.05, 3.63) is 51.2 Å². The van der Waals surface area contributed by atoms with Crippen molar-refractivity contribution < 1.29 is 4.74 Å². The van der Waals surface area contributed by atoms with E-state index in [1.165, 1.54) is 9.75 Å². The average molecular weight is 286 g/mol. The third kappa shape index (κ3) is 3.60. The number of methoxy groups -OCH3 is 1. The van der Waals surface area contributed by atoms with Crippen LogP contribution in [0.5, 0.6) is 5.75 Å². The molecule has 0 bridgehead atoms. The summed E-state index contributed by atoms with van der Waals surface area (Å²) in [4.78, 5) is 2.74. The summed E-state index contributed by atoms with van der Waals surface area (Å²) in [6, 6.07) is 12.0. The maximum Gasteiger partial charge on any atom is 0.123 e. The molecule has 0 atom stereocenters. The summed E-state index contributed by atoms with van der Waals surface area (Å²) in [6.07, 6.45) is 1.09. The standard InChI is InChI=1S/C16H18N2OS/c1-3-14-5-6-15(20-14)11-18-10-13-8-12(9-17)4-7-16(13)19-2/h4-8,18H,3,10-11H2,1-2H3. The number of thiophene rings is 1. The Hall–Kier alpha value is -1.83. The molecule has 0 aliphatic heterocycles. The van der Waals surface area contributed by atoms with E-state index in [1.54, 1.807) is 13.2 Å². The zero-order valence-electron chi connectivity index (χ0n) is 11.8. The molecule has 1 N–H and O–H groups in total. The maximum absolute atomic E-state index is 8.95. The quantitative estimate of drug-likeness (QED) is 0.884. The van der Waals surface area contributed by atoms with Gasteiger partial charge in [-0.05, 0) is 36.8 Å². The molecule has 2 aromatic rings. The minimum absolute atomic E-state index is 0.659. The molecule has 3 nitrogen and oxygen atoms in total. The van der Waals surface area contributed by atoms with Gasteiger partial charge in [-0.15, -0.1) is 11.3 Å². The number of hydrogen-bond acceptors (Lipinski definition) is 4. The SMILES string of the molecule is CCc1ccc(CNCc2cc(C#N)ccc2OC)s1. The third-order valence-electron chi connectivity index (χ3n) is 3.09. The van der Waals surface area contributed by atoms with Crippen LogP contribution in [-0.4, -0.2) is 7.11 Å². The van der Waals surface area contributed by atoms with E-state index in [0.29, 0.717) is 12.1 Å². The highest BCUT2D eigenvalue weighted by molar-refractivity contribution is 7.11. The molecule has 0 radical (unpaired) electrons. The van der Waals surface area contributed by atoms with Crippen molar-refractivity contribution in [2.24, 2.45) is 0 Å². The second kappa shape index (κ2) is 7.09. The first-order chi connectivity index (χ1) is 9.76. The van der Waals surface area contributed by atoms with E-state index in [-0.39, 0.29) is 0 Å². The van der Waals surface area contributed by atoms with E-state index in [2.05, 4.69) is 30.4 Å². The zero-order chi connectivity index (χ0) is 14.4. The van der Waals surface area contributed by atoms with Crippen molar-refractivity contribution in [2.75, 3.05) is 7.11 Å². The van der Waals surface area contributed by atoms with E-state index >= 15 is 0 Å². The number of hydrogen-bond donors (Lipinski definition) is 1. The fourth-order valence-electron chi connectivity index (χ4n) is 2.01. The highest BCUT2D eigenvalue weighted by atomic mass is 32.1. The molecular weight excluding hydrogens is 268 g/mol. The lowest BCUT2D eigenvalue weighted by atomic mass is 10.1. The monoisotopic (exact) mass is 286 g/mol. The fourth-order valence-corrected chi connectivity index (χ4v) is 2.94. The second-order valence-corrected chi connectivity index (χ2v) is 5.72. The number of ether oxygens (including phenoxy) is 1. The Morgan fingerprint density at radius 2 is 2.00 bits per heavy atom. The molecule has 1 heterocycles. The molecular formula is C16H18N2OS. The van der Waals surface area contributed by atoms with Crippen LogP contribution in [0.3, 0.4) is 0 Å². The Kier molecular flexibility index (Phi) is 5.16. The largest absolute Gasteiger partial charge is 0.496 e. The molecule has 2 rings (SSSR count). The number of aryl methyl sites for hydroxylation is 1. The fraction of sp³-hybridized carbons (Fsp3) is 0.312. The van der Waals surface area contributed by atoms with Crippen molar-refractivity contribution in [1.29, 1.82) is 5.26 Å². The van der Waals surface area contributed by atoms with Gasteiger partial charge in [0.05, 0.1) is 18.7 Å². The van der Waals surface area contributed by atoms with Crippen molar-refractivity contribution in [2.45, 2.75) is 26.4 Å². The summed E-state index contributed by atoms with van der Waals surface area (Å²) >= 11 is 1.84. The van der Waals surface area contributed by atoms with Crippen LogP contribution in [0.1, 0.15) is 27.8 Å². The first-order valence-electron chi connectivity index (χ1n) is 6.62. The zero-order valence-corrected chi connectivity index (χ0v) is 12.6. The van der Waals surface area contributed by atoms with Crippen molar-refractivity contribution in [1.82, 2.24) is 5.32 Å². The summed E-state index contributed by atoms with van der Waals surface area (Å²) in [6.45, 7) is 3.70. The Bertz CT molecular complexity index is 613. The van der Waals surface area contributed by atoms with Crippen molar-refractivity contribution >= 4 is 11.3 Å². The molecule has 0 amide bonds. The highest BCUT2D eigenvalue weighted by Gasteiger charge is 2.05. The van der Waals surface area contributed by atoms with Gasteiger partial charge in [0, 0.05) is 28.4 Å². The summed E-state index contributed by atoms with van der Waals surface area (Å²) < 4.78 is 5.32. The van der Waals surface area contributed by atoms with Crippen LogP contribution in [0.2, 0.25) is 0 Å². The van der Waals surface area contributed by atoms with Crippen LogP contribution in [-0.2, 0) is 19.5 Å². The first-order valence-corrected chi connectivity index (χ1v) is 7.43. The predicted molar refractivity (Wildman–Crippen MR) is 81.9 cm³/mol. The first kappa shape index (κ1) is 14.6. The van der Waals surface area contributed by atoms with Gasteiger partial charge in [-0.1, -0.05) is 6.92 Å². The Labute approximate surface area is 123 Å². The Balaban J connectivity index is 1.98. The van der Waals surface area contributed by atoms with Crippen LogP contribution in [0.25, 0.3) is 0 Å². The minimum atomic E-state index is 0.659. The van der Waals surface area contributed by atoms with Gasteiger partial charge in [-0.3, -0.25) is 0 Å². The molecule has 1 aromatic carbocycles. The molecule has 4 heteroatoms. The smallest absolute Gasteiger partial charge is 0.123 e. The summed E-state index contributed by atoms with van der Waals surface area (Å²) in [5, 5.41) is 12.4. The number of nitrogens with one attached hydrogen (secondary N) is 1. The summed E-state index contributed by atoms with van der Waals surface area (Å²) in [5.41, 5.74) is 1.67. The molecule has 0 unspecified atom stereocenters. The molecule has 1 aromatic heterocycles. The molecule has 20 heavy (non-hydrogen) atoms. The summed E-state index contributed by atoms with van der Waals surface area (Å²) in [7, 11) is 1.65.